The van der Waals surface area contributed by atoms with E-state index in [1.807, 2.05) is 6.07 Å². The van der Waals surface area contributed by atoms with E-state index in [2.05, 4.69) is 69.0 Å². The van der Waals surface area contributed by atoms with E-state index in [-0.39, 0.29) is 0 Å². The fourth-order valence-electron chi connectivity index (χ4n) is 1.92. The topological polar surface area (TPSA) is 37.8 Å². The van der Waals surface area contributed by atoms with Crippen molar-refractivity contribution in [3.8, 4) is 10.7 Å². The van der Waals surface area contributed by atoms with E-state index in [0.29, 0.717) is 5.92 Å². The van der Waals surface area contributed by atoms with E-state index in [9.17, 15) is 0 Å². The van der Waals surface area contributed by atoms with Gasteiger partial charge in [0.25, 0.3) is 0 Å². The van der Waals surface area contributed by atoms with Crippen molar-refractivity contribution in [3.63, 3.8) is 0 Å². The van der Waals surface area contributed by atoms with Crippen molar-refractivity contribution in [2.24, 2.45) is 5.92 Å². The Labute approximate surface area is 146 Å². The predicted octanol–water partition coefficient (Wildman–Crippen LogP) is 5.75. The largest absolute Gasteiger partial charge is 0.369 e. The molecule has 1 N–H and O–H groups in total. The molecule has 2 aromatic heterocycles. The highest BCUT2D eigenvalue weighted by Crippen LogP contribution is 2.33. The molecule has 2 heterocycles. The molecule has 0 spiro atoms. The Kier molecular flexibility index (Phi) is 6.20. The molecule has 3 nitrogen and oxygen atoms in total. The second-order valence-corrected chi connectivity index (χ2v) is 8.54. The zero-order valence-electron chi connectivity index (χ0n) is 12.4. The SMILES string of the molecule is CCCNc1nc(-c2ccc(Br)s2)nc(CC(C)C)c1Br. The van der Waals surface area contributed by atoms with Gasteiger partial charge in [0, 0.05) is 6.54 Å². The summed E-state index contributed by atoms with van der Waals surface area (Å²) in [4.78, 5) is 10.5. The minimum absolute atomic E-state index is 0.554. The summed E-state index contributed by atoms with van der Waals surface area (Å²) in [6.07, 6.45) is 2.00. The van der Waals surface area contributed by atoms with E-state index in [1.54, 1.807) is 11.3 Å². The second-order valence-electron chi connectivity index (χ2n) is 5.29. The second kappa shape index (κ2) is 7.70. The van der Waals surface area contributed by atoms with E-state index in [0.717, 1.165) is 49.9 Å². The van der Waals surface area contributed by atoms with Crippen LogP contribution in [-0.4, -0.2) is 16.5 Å². The smallest absolute Gasteiger partial charge is 0.171 e. The highest BCUT2D eigenvalue weighted by atomic mass is 79.9. The molecule has 114 valence electrons. The number of nitrogens with zero attached hydrogens (tertiary/aromatic N) is 2. The van der Waals surface area contributed by atoms with Crippen LogP contribution in [0, 0.1) is 5.92 Å². The lowest BCUT2D eigenvalue weighted by molar-refractivity contribution is 0.632. The van der Waals surface area contributed by atoms with Crippen molar-refractivity contribution in [1.82, 2.24) is 9.97 Å². The zero-order chi connectivity index (χ0) is 15.4. The van der Waals surface area contributed by atoms with Gasteiger partial charge in [-0.15, -0.1) is 11.3 Å². The number of hydrogen-bond acceptors (Lipinski definition) is 4. The molecule has 0 radical (unpaired) electrons. The minimum Gasteiger partial charge on any atom is -0.369 e. The third-order valence-electron chi connectivity index (χ3n) is 2.86. The van der Waals surface area contributed by atoms with Gasteiger partial charge in [0.2, 0.25) is 0 Å². The lowest BCUT2D eigenvalue weighted by Crippen LogP contribution is -2.08. The number of hydrogen-bond donors (Lipinski definition) is 1. The Balaban J connectivity index is 2.44. The van der Waals surface area contributed by atoms with Crippen molar-refractivity contribution in [2.75, 3.05) is 11.9 Å². The lowest BCUT2D eigenvalue weighted by Gasteiger charge is -2.13. The lowest BCUT2D eigenvalue weighted by atomic mass is 10.1. The van der Waals surface area contributed by atoms with Crippen molar-refractivity contribution >= 4 is 49.0 Å². The van der Waals surface area contributed by atoms with E-state index in [4.69, 9.17) is 4.98 Å². The van der Waals surface area contributed by atoms with Crippen LogP contribution in [0.4, 0.5) is 5.82 Å². The molecular formula is C15H19Br2N3S. The monoisotopic (exact) mass is 431 g/mol. The van der Waals surface area contributed by atoms with Gasteiger partial charge in [0.1, 0.15) is 5.82 Å². The van der Waals surface area contributed by atoms with Gasteiger partial charge in [-0.3, -0.25) is 0 Å². The van der Waals surface area contributed by atoms with Crippen LogP contribution in [0.15, 0.2) is 20.4 Å². The van der Waals surface area contributed by atoms with E-state index >= 15 is 0 Å². The predicted molar refractivity (Wildman–Crippen MR) is 98.1 cm³/mol. The molecule has 0 fully saturated rings. The minimum atomic E-state index is 0.554. The normalized spacial score (nSPS) is 11.1. The van der Waals surface area contributed by atoms with Crippen LogP contribution in [0.1, 0.15) is 32.9 Å². The molecule has 0 bridgehead atoms. The Morgan fingerprint density at radius 1 is 1.24 bits per heavy atom. The zero-order valence-corrected chi connectivity index (χ0v) is 16.4. The van der Waals surface area contributed by atoms with Gasteiger partial charge >= 0.3 is 0 Å². The maximum Gasteiger partial charge on any atom is 0.171 e. The van der Waals surface area contributed by atoms with Crippen LogP contribution in [0.25, 0.3) is 10.7 Å². The highest BCUT2D eigenvalue weighted by Gasteiger charge is 2.15. The van der Waals surface area contributed by atoms with Gasteiger partial charge in [-0.2, -0.15) is 0 Å². The number of thiophene rings is 1. The first kappa shape index (κ1) is 16.9. The number of nitrogens with one attached hydrogen (secondary N) is 1. The van der Waals surface area contributed by atoms with Crippen LogP contribution in [0.5, 0.6) is 0 Å². The number of aromatic nitrogens is 2. The summed E-state index contributed by atoms with van der Waals surface area (Å²) in [5.74, 6) is 2.24. The average molecular weight is 433 g/mol. The molecule has 0 amide bonds. The first-order valence-corrected chi connectivity index (χ1v) is 9.47. The number of anilines is 1. The first-order chi connectivity index (χ1) is 10.0. The maximum atomic E-state index is 4.76. The molecule has 0 aliphatic rings. The van der Waals surface area contributed by atoms with Crippen LogP contribution < -0.4 is 5.32 Å². The molecule has 0 atom stereocenters. The van der Waals surface area contributed by atoms with Gasteiger partial charge in [0.15, 0.2) is 5.82 Å². The van der Waals surface area contributed by atoms with E-state index in [1.165, 1.54) is 0 Å². The van der Waals surface area contributed by atoms with Crippen molar-refractivity contribution in [2.45, 2.75) is 33.6 Å². The number of rotatable bonds is 6. The van der Waals surface area contributed by atoms with Gasteiger partial charge in [0.05, 0.1) is 18.8 Å². The molecule has 0 saturated heterocycles. The van der Waals surface area contributed by atoms with E-state index < -0.39 is 0 Å². The third-order valence-corrected chi connectivity index (χ3v) is 5.31. The highest BCUT2D eigenvalue weighted by molar-refractivity contribution is 9.11. The quantitative estimate of drug-likeness (QED) is 0.631. The molecule has 0 aliphatic carbocycles. The fraction of sp³-hybridized carbons (Fsp3) is 0.467. The van der Waals surface area contributed by atoms with Crippen LogP contribution in [-0.2, 0) is 6.42 Å². The molecule has 2 aromatic rings. The van der Waals surface area contributed by atoms with Crippen molar-refractivity contribution in [3.05, 3.63) is 26.1 Å². The molecule has 0 aromatic carbocycles. The Morgan fingerprint density at radius 3 is 2.57 bits per heavy atom. The van der Waals surface area contributed by atoms with Gasteiger partial charge in [-0.05, 0) is 62.8 Å². The van der Waals surface area contributed by atoms with Gasteiger partial charge in [-0.25, -0.2) is 9.97 Å². The molecule has 2 rings (SSSR count). The molecule has 21 heavy (non-hydrogen) atoms. The third kappa shape index (κ3) is 4.50. The summed E-state index contributed by atoms with van der Waals surface area (Å²) in [7, 11) is 0. The van der Waals surface area contributed by atoms with Gasteiger partial charge in [-0.1, -0.05) is 20.8 Å². The summed E-state index contributed by atoms with van der Waals surface area (Å²) < 4.78 is 2.08. The van der Waals surface area contributed by atoms with Crippen LogP contribution >= 0.6 is 43.2 Å². The Morgan fingerprint density at radius 2 is 2.00 bits per heavy atom. The molecule has 0 aliphatic heterocycles. The Hall–Kier alpha value is -0.460. The van der Waals surface area contributed by atoms with Crippen molar-refractivity contribution in [1.29, 1.82) is 0 Å². The summed E-state index contributed by atoms with van der Waals surface area (Å²) in [5, 5.41) is 3.39. The molecule has 0 saturated carbocycles. The average Bonchev–Trinajstić information content (AvgIpc) is 2.86. The summed E-state index contributed by atoms with van der Waals surface area (Å²) in [6, 6.07) is 4.09. The maximum absolute atomic E-state index is 4.76. The fourth-order valence-corrected chi connectivity index (χ4v) is 3.72. The summed E-state index contributed by atoms with van der Waals surface area (Å²) in [5.41, 5.74) is 1.07. The molecule has 0 unspecified atom stereocenters. The van der Waals surface area contributed by atoms with Crippen LogP contribution in [0.2, 0.25) is 0 Å². The Bertz CT molecular complexity index is 611. The van der Waals surface area contributed by atoms with Gasteiger partial charge < -0.3 is 5.32 Å². The summed E-state index contributed by atoms with van der Waals surface area (Å²) >= 11 is 8.82. The standard InChI is InChI=1S/C15H19Br2N3S/c1-4-7-18-15-13(17)10(8-9(2)3)19-14(20-15)11-5-6-12(16)21-11/h5-6,9H,4,7-8H2,1-3H3,(H,18,19,20). The number of halogens is 2. The summed E-state index contributed by atoms with van der Waals surface area (Å²) in [6.45, 7) is 7.46. The van der Waals surface area contributed by atoms with Crippen molar-refractivity contribution < 1.29 is 0 Å². The molecular weight excluding hydrogens is 414 g/mol. The molecule has 6 heteroatoms. The van der Waals surface area contributed by atoms with Crippen LogP contribution in [0.3, 0.4) is 0 Å². The first-order valence-electron chi connectivity index (χ1n) is 7.07.